The van der Waals surface area contributed by atoms with Crippen LogP contribution in [0.2, 0.25) is 0 Å². The first-order valence-electron chi connectivity index (χ1n) is 7.41. The first-order chi connectivity index (χ1) is 8.27. The highest BCUT2D eigenvalue weighted by Gasteiger charge is 2.26. The summed E-state index contributed by atoms with van der Waals surface area (Å²) in [5.74, 6) is 0. The van der Waals surface area contributed by atoms with Crippen molar-refractivity contribution in [3.8, 4) is 0 Å². The van der Waals surface area contributed by atoms with Gasteiger partial charge in [-0.05, 0) is 7.05 Å². The largest absolute Gasteiger partial charge is 0.314 e. The normalized spacial score (nSPS) is 24.9. The minimum atomic E-state index is 0.780. The first-order valence-corrected chi connectivity index (χ1v) is 7.41. The molecule has 2 aliphatic rings. The van der Waals surface area contributed by atoms with Gasteiger partial charge in [-0.1, -0.05) is 40.5 Å². The highest BCUT2D eigenvalue weighted by molar-refractivity contribution is 4.85. The predicted octanol–water partition coefficient (Wildman–Crippen LogP) is 2.04. The summed E-state index contributed by atoms with van der Waals surface area (Å²) < 4.78 is 0. The molecule has 0 aliphatic carbocycles. The zero-order chi connectivity index (χ0) is 13.1. The molecule has 2 aliphatic heterocycles. The summed E-state index contributed by atoms with van der Waals surface area (Å²) in [6.45, 7) is 15.7. The minimum Gasteiger partial charge on any atom is -0.314 e. The second kappa shape index (κ2) is 11.0. The maximum absolute atomic E-state index is 3.44. The van der Waals surface area contributed by atoms with Crippen LogP contribution < -0.4 is 5.32 Å². The number of nitrogens with one attached hydrogen (secondary N) is 1. The van der Waals surface area contributed by atoms with Crippen molar-refractivity contribution in [1.29, 1.82) is 0 Å². The fourth-order valence-electron chi connectivity index (χ4n) is 2.03. The zero-order valence-electron chi connectivity index (χ0n) is 12.6. The van der Waals surface area contributed by atoms with E-state index in [-0.39, 0.29) is 0 Å². The van der Waals surface area contributed by atoms with E-state index < -0.39 is 0 Å². The lowest BCUT2D eigenvalue weighted by molar-refractivity contribution is 0.0716. The number of likely N-dealkylation sites (N-methyl/N-ethyl adjacent to an activating group) is 1. The smallest absolute Gasteiger partial charge is 0.0348 e. The van der Waals surface area contributed by atoms with Gasteiger partial charge >= 0.3 is 0 Å². The molecule has 1 N–H and O–H groups in total. The Morgan fingerprint density at radius 2 is 1.71 bits per heavy atom. The maximum Gasteiger partial charge on any atom is 0.0348 e. The lowest BCUT2D eigenvalue weighted by Gasteiger charge is -2.43. The fraction of sp³-hybridized carbons (Fsp3) is 1.00. The van der Waals surface area contributed by atoms with Crippen LogP contribution in [0.25, 0.3) is 0 Å². The van der Waals surface area contributed by atoms with Gasteiger partial charge in [-0.25, -0.2) is 0 Å². The van der Waals surface area contributed by atoms with Crippen LogP contribution in [0.4, 0.5) is 0 Å². The van der Waals surface area contributed by atoms with Crippen molar-refractivity contribution in [3.63, 3.8) is 0 Å². The second-order valence-corrected chi connectivity index (χ2v) is 4.66. The molecule has 2 fully saturated rings. The SMILES string of the molecule is CC.CCCC.CN1CCN2CCNCC2C1. The van der Waals surface area contributed by atoms with E-state index in [1.807, 2.05) is 13.8 Å². The fourth-order valence-corrected chi connectivity index (χ4v) is 2.03. The Morgan fingerprint density at radius 1 is 1.06 bits per heavy atom. The highest BCUT2D eigenvalue weighted by Crippen LogP contribution is 2.09. The zero-order valence-corrected chi connectivity index (χ0v) is 12.6. The van der Waals surface area contributed by atoms with Gasteiger partial charge in [-0.15, -0.1) is 0 Å². The second-order valence-electron chi connectivity index (χ2n) is 4.66. The highest BCUT2D eigenvalue weighted by atomic mass is 15.3. The number of hydrogen-bond donors (Lipinski definition) is 1. The molecule has 0 aromatic heterocycles. The average molecular weight is 243 g/mol. The summed E-state index contributed by atoms with van der Waals surface area (Å²) in [6, 6.07) is 0.780. The first kappa shape index (κ1) is 16.9. The third-order valence-electron chi connectivity index (χ3n) is 3.26. The molecule has 17 heavy (non-hydrogen) atoms. The molecule has 2 rings (SSSR count). The number of unbranched alkanes of at least 4 members (excludes halogenated alkanes) is 1. The molecular weight excluding hydrogens is 210 g/mol. The van der Waals surface area contributed by atoms with Crippen LogP contribution in [0.15, 0.2) is 0 Å². The lowest BCUT2D eigenvalue weighted by Crippen LogP contribution is -2.60. The molecule has 3 nitrogen and oxygen atoms in total. The van der Waals surface area contributed by atoms with Gasteiger partial charge < -0.3 is 10.2 Å². The van der Waals surface area contributed by atoms with E-state index in [0.717, 1.165) is 6.04 Å². The van der Waals surface area contributed by atoms with Crippen LogP contribution in [-0.2, 0) is 0 Å². The van der Waals surface area contributed by atoms with E-state index in [9.17, 15) is 0 Å². The van der Waals surface area contributed by atoms with E-state index >= 15 is 0 Å². The standard InChI is InChI=1S/C8H17N3.C4H10.C2H6/c1-10-4-5-11-3-2-9-6-8(11)7-10;1-3-4-2;1-2/h8-9H,2-7H2,1H3;3-4H2,1-2H3;1-2H3. The summed E-state index contributed by atoms with van der Waals surface area (Å²) in [7, 11) is 2.21. The topological polar surface area (TPSA) is 18.5 Å². The quantitative estimate of drug-likeness (QED) is 0.760. The molecule has 3 heteroatoms. The van der Waals surface area contributed by atoms with Crippen molar-refractivity contribution in [2.24, 2.45) is 0 Å². The summed E-state index contributed by atoms with van der Waals surface area (Å²) in [5.41, 5.74) is 0. The molecule has 1 unspecified atom stereocenters. The molecule has 0 spiro atoms. The van der Waals surface area contributed by atoms with Crippen LogP contribution in [0.5, 0.6) is 0 Å². The predicted molar refractivity (Wildman–Crippen MR) is 77.7 cm³/mol. The van der Waals surface area contributed by atoms with Crippen LogP contribution in [0.1, 0.15) is 40.5 Å². The number of rotatable bonds is 1. The van der Waals surface area contributed by atoms with Crippen molar-refractivity contribution in [2.75, 3.05) is 46.3 Å². The maximum atomic E-state index is 3.44. The number of hydrogen-bond acceptors (Lipinski definition) is 3. The molecule has 2 heterocycles. The van der Waals surface area contributed by atoms with Gasteiger partial charge in [0, 0.05) is 45.3 Å². The third-order valence-corrected chi connectivity index (χ3v) is 3.26. The molecule has 0 aromatic carbocycles. The Labute approximate surface area is 109 Å². The van der Waals surface area contributed by atoms with Gasteiger partial charge in [-0.2, -0.15) is 0 Å². The van der Waals surface area contributed by atoms with Gasteiger partial charge in [-0.3, -0.25) is 4.90 Å². The van der Waals surface area contributed by atoms with Crippen LogP contribution in [0, 0.1) is 0 Å². The van der Waals surface area contributed by atoms with Crippen LogP contribution in [0.3, 0.4) is 0 Å². The van der Waals surface area contributed by atoms with E-state index in [1.165, 1.54) is 52.1 Å². The Hall–Kier alpha value is -0.120. The molecule has 0 radical (unpaired) electrons. The molecule has 0 saturated carbocycles. The monoisotopic (exact) mass is 243 g/mol. The summed E-state index contributed by atoms with van der Waals surface area (Å²) in [4.78, 5) is 5.03. The number of nitrogens with zero attached hydrogens (tertiary/aromatic N) is 2. The van der Waals surface area contributed by atoms with Crippen molar-refractivity contribution < 1.29 is 0 Å². The van der Waals surface area contributed by atoms with Gasteiger partial charge in [0.15, 0.2) is 0 Å². The Kier molecular flexibility index (Phi) is 10.9. The Bertz CT molecular complexity index is 160. The number of piperazine rings is 2. The summed E-state index contributed by atoms with van der Waals surface area (Å²) in [5, 5.41) is 3.44. The summed E-state index contributed by atoms with van der Waals surface area (Å²) in [6.07, 6.45) is 2.64. The number of fused-ring (bicyclic) bond motifs is 1. The van der Waals surface area contributed by atoms with Crippen molar-refractivity contribution in [2.45, 2.75) is 46.6 Å². The van der Waals surface area contributed by atoms with E-state index in [0.29, 0.717) is 0 Å². The van der Waals surface area contributed by atoms with Crippen LogP contribution >= 0.6 is 0 Å². The van der Waals surface area contributed by atoms with E-state index in [2.05, 4.69) is 36.0 Å². The molecular formula is C14H33N3. The molecule has 0 amide bonds. The minimum absolute atomic E-state index is 0.780. The van der Waals surface area contributed by atoms with Crippen molar-refractivity contribution in [1.82, 2.24) is 15.1 Å². The van der Waals surface area contributed by atoms with Crippen molar-refractivity contribution in [3.05, 3.63) is 0 Å². The molecule has 2 saturated heterocycles. The van der Waals surface area contributed by atoms with E-state index in [1.54, 1.807) is 0 Å². The van der Waals surface area contributed by atoms with Gasteiger partial charge in [0.2, 0.25) is 0 Å². The van der Waals surface area contributed by atoms with Crippen LogP contribution in [-0.4, -0.2) is 62.2 Å². The Balaban J connectivity index is 0.000000368. The molecule has 104 valence electrons. The average Bonchev–Trinajstić information content (AvgIpc) is 2.41. The Morgan fingerprint density at radius 3 is 2.29 bits per heavy atom. The third kappa shape index (κ3) is 7.02. The molecule has 0 aromatic rings. The van der Waals surface area contributed by atoms with E-state index in [4.69, 9.17) is 0 Å². The van der Waals surface area contributed by atoms with Gasteiger partial charge in [0.25, 0.3) is 0 Å². The van der Waals surface area contributed by atoms with Gasteiger partial charge in [0.05, 0.1) is 0 Å². The summed E-state index contributed by atoms with van der Waals surface area (Å²) >= 11 is 0. The molecule has 1 atom stereocenters. The lowest BCUT2D eigenvalue weighted by atomic mass is 10.1. The van der Waals surface area contributed by atoms with Crippen molar-refractivity contribution >= 4 is 0 Å². The molecule has 0 bridgehead atoms. The van der Waals surface area contributed by atoms with Gasteiger partial charge in [0.1, 0.15) is 0 Å².